The SMILES string of the molecule is CC(C)c1nsc2cccnc12. The topological polar surface area (TPSA) is 25.8 Å². The van der Waals surface area contributed by atoms with Crippen LogP contribution in [0.1, 0.15) is 25.5 Å². The lowest BCUT2D eigenvalue weighted by atomic mass is 10.1. The highest BCUT2D eigenvalue weighted by Crippen LogP contribution is 2.25. The van der Waals surface area contributed by atoms with Gasteiger partial charge in [-0.25, -0.2) is 0 Å². The van der Waals surface area contributed by atoms with E-state index in [1.165, 1.54) is 16.2 Å². The van der Waals surface area contributed by atoms with E-state index >= 15 is 0 Å². The fraction of sp³-hybridized carbons (Fsp3) is 0.333. The van der Waals surface area contributed by atoms with Crippen molar-refractivity contribution in [2.24, 2.45) is 0 Å². The standard InChI is InChI=1S/C9H10N2S/c1-6(2)8-9-7(12-11-8)4-3-5-10-9/h3-6H,1-2H3. The molecule has 3 heteroatoms. The maximum atomic E-state index is 4.37. The zero-order chi connectivity index (χ0) is 8.55. The van der Waals surface area contributed by atoms with E-state index in [1.54, 1.807) is 0 Å². The minimum Gasteiger partial charge on any atom is -0.253 e. The first kappa shape index (κ1) is 7.68. The highest BCUT2D eigenvalue weighted by molar-refractivity contribution is 7.13. The van der Waals surface area contributed by atoms with Crippen molar-refractivity contribution in [1.82, 2.24) is 9.36 Å². The molecule has 0 fully saturated rings. The summed E-state index contributed by atoms with van der Waals surface area (Å²) >= 11 is 1.53. The molecule has 0 atom stereocenters. The van der Waals surface area contributed by atoms with Gasteiger partial charge in [0.2, 0.25) is 0 Å². The van der Waals surface area contributed by atoms with Crippen molar-refractivity contribution in [3.05, 3.63) is 24.0 Å². The fourth-order valence-corrected chi connectivity index (χ4v) is 2.05. The van der Waals surface area contributed by atoms with Crippen LogP contribution in [0.4, 0.5) is 0 Å². The summed E-state index contributed by atoms with van der Waals surface area (Å²) < 4.78 is 5.56. The second kappa shape index (κ2) is 2.83. The molecular formula is C9H10N2S. The summed E-state index contributed by atoms with van der Waals surface area (Å²) in [4.78, 5) is 4.31. The largest absolute Gasteiger partial charge is 0.253 e. The number of aromatic nitrogens is 2. The summed E-state index contributed by atoms with van der Waals surface area (Å²) in [5, 5.41) is 0. The Hall–Kier alpha value is -0.960. The molecule has 2 aromatic rings. The molecule has 12 heavy (non-hydrogen) atoms. The van der Waals surface area contributed by atoms with Crippen LogP contribution in [0, 0.1) is 0 Å². The van der Waals surface area contributed by atoms with Gasteiger partial charge in [-0.1, -0.05) is 13.8 Å². The van der Waals surface area contributed by atoms with E-state index in [4.69, 9.17) is 0 Å². The van der Waals surface area contributed by atoms with E-state index in [1.807, 2.05) is 12.3 Å². The molecule has 2 aromatic heterocycles. The molecule has 0 aliphatic rings. The van der Waals surface area contributed by atoms with Crippen LogP contribution in [-0.2, 0) is 0 Å². The second-order valence-electron chi connectivity index (χ2n) is 3.07. The van der Waals surface area contributed by atoms with Crippen LogP contribution in [0.5, 0.6) is 0 Å². The molecule has 0 aliphatic heterocycles. The summed E-state index contributed by atoms with van der Waals surface area (Å²) in [7, 11) is 0. The van der Waals surface area contributed by atoms with E-state index in [0.29, 0.717) is 5.92 Å². The summed E-state index contributed by atoms with van der Waals surface area (Å²) in [5.74, 6) is 0.466. The van der Waals surface area contributed by atoms with Gasteiger partial charge >= 0.3 is 0 Å². The van der Waals surface area contributed by atoms with Gasteiger partial charge in [-0.3, -0.25) is 4.98 Å². The number of fused-ring (bicyclic) bond motifs is 1. The van der Waals surface area contributed by atoms with Gasteiger partial charge in [-0.2, -0.15) is 4.37 Å². The predicted octanol–water partition coefficient (Wildman–Crippen LogP) is 2.81. The third-order valence-corrected chi connectivity index (χ3v) is 2.62. The van der Waals surface area contributed by atoms with Crippen molar-refractivity contribution in [2.75, 3.05) is 0 Å². The first-order valence-corrected chi connectivity index (χ1v) is 4.76. The van der Waals surface area contributed by atoms with Crippen LogP contribution >= 0.6 is 11.5 Å². The van der Waals surface area contributed by atoms with E-state index in [9.17, 15) is 0 Å². The van der Waals surface area contributed by atoms with Crippen molar-refractivity contribution in [3.8, 4) is 0 Å². The van der Waals surface area contributed by atoms with Crippen molar-refractivity contribution in [1.29, 1.82) is 0 Å². The fourth-order valence-electron chi connectivity index (χ4n) is 1.18. The number of hydrogen-bond donors (Lipinski definition) is 0. The smallest absolute Gasteiger partial charge is 0.104 e. The molecule has 62 valence electrons. The molecule has 0 saturated heterocycles. The normalized spacial score (nSPS) is 11.2. The van der Waals surface area contributed by atoms with Gasteiger partial charge in [0.15, 0.2) is 0 Å². The van der Waals surface area contributed by atoms with Gasteiger partial charge in [0.1, 0.15) is 5.52 Å². The van der Waals surface area contributed by atoms with E-state index in [0.717, 1.165) is 11.2 Å². The lowest BCUT2D eigenvalue weighted by Crippen LogP contribution is -1.88. The second-order valence-corrected chi connectivity index (χ2v) is 3.88. The van der Waals surface area contributed by atoms with Crippen molar-refractivity contribution in [3.63, 3.8) is 0 Å². The maximum Gasteiger partial charge on any atom is 0.104 e. The Balaban J connectivity index is 2.70. The van der Waals surface area contributed by atoms with Gasteiger partial charge in [0.25, 0.3) is 0 Å². The predicted molar refractivity (Wildman–Crippen MR) is 51.5 cm³/mol. The van der Waals surface area contributed by atoms with Crippen LogP contribution < -0.4 is 0 Å². The molecule has 0 saturated carbocycles. The Kier molecular flexibility index (Phi) is 1.81. The monoisotopic (exact) mass is 178 g/mol. The molecule has 0 unspecified atom stereocenters. The molecule has 0 aromatic carbocycles. The third kappa shape index (κ3) is 1.10. The third-order valence-electron chi connectivity index (χ3n) is 1.80. The highest BCUT2D eigenvalue weighted by atomic mass is 32.1. The van der Waals surface area contributed by atoms with Gasteiger partial charge < -0.3 is 0 Å². The zero-order valence-corrected chi connectivity index (χ0v) is 7.93. The lowest BCUT2D eigenvalue weighted by molar-refractivity contribution is 0.846. The number of rotatable bonds is 1. The highest BCUT2D eigenvalue weighted by Gasteiger charge is 2.09. The number of pyridine rings is 1. The summed E-state index contributed by atoms with van der Waals surface area (Å²) in [6.45, 7) is 4.28. The first-order valence-electron chi connectivity index (χ1n) is 3.99. The van der Waals surface area contributed by atoms with Crippen LogP contribution in [0.25, 0.3) is 10.2 Å². The van der Waals surface area contributed by atoms with Gasteiger partial charge in [0, 0.05) is 6.20 Å². The molecule has 0 bridgehead atoms. The molecule has 0 spiro atoms. The molecule has 0 radical (unpaired) electrons. The molecular weight excluding hydrogens is 168 g/mol. The molecule has 2 rings (SSSR count). The Morgan fingerprint density at radius 1 is 1.42 bits per heavy atom. The quantitative estimate of drug-likeness (QED) is 0.671. The Bertz CT molecular complexity index is 392. The summed E-state index contributed by atoms with van der Waals surface area (Å²) in [5.41, 5.74) is 2.19. The average Bonchev–Trinajstić information content (AvgIpc) is 2.47. The molecule has 0 aliphatic carbocycles. The Labute approximate surface area is 75.4 Å². The van der Waals surface area contributed by atoms with Crippen molar-refractivity contribution < 1.29 is 0 Å². The zero-order valence-electron chi connectivity index (χ0n) is 7.11. The van der Waals surface area contributed by atoms with E-state index in [2.05, 4.69) is 29.3 Å². The molecule has 0 amide bonds. The molecule has 2 heterocycles. The van der Waals surface area contributed by atoms with Gasteiger partial charge in [-0.15, -0.1) is 0 Å². The van der Waals surface area contributed by atoms with E-state index in [-0.39, 0.29) is 0 Å². The van der Waals surface area contributed by atoms with Crippen LogP contribution in [0.3, 0.4) is 0 Å². The van der Waals surface area contributed by atoms with Crippen LogP contribution in [0.2, 0.25) is 0 Å². The number of nitrogens with zero attached hydrogens (tertiary/aromatic N) is 2. The minimum absolute atomic E-state index is 0.466. The van der Waals surface area contributed by atoms with Gasteiger partial charge in [-0.05, 0) is 29.6 Å². The minimum atomic E-state index is 0.466. The Morgan fingerprint density at radius 3 is 3.00 bits per heavy atom. The van der Waals surface area contributed by atoms with Crippen LogP contribution in [0.15, 0.2) is 18.3 Å². The van der Waals surface area contributed by atoms with Crippen LogP contribution in [-0.4, -0.2) is 9.36 Å². The average molecular weight is 178 g/mol. The van der Waals surface area contributed by atoms with Gasteiger partial charge in [0.05, 0.1) is 10.4 Å². The number of hydrogen-bond acceptors (Lipinski definition) is 3. The van der Waals surface area contributed by atoms with E-state index < -0.39 is 0 Å². The molecule has 2 nitrogen and oxygen atoms in total. The first-order chi connectivity index (χ1) is 5.79. The molecule has 0 N–H and O–H groups in total. The van der Waals surface area contributed by atoms with Crippen molar-refractivity contribution >= 4 is 21.7 Å². The lowest BCUT2D eigenvalue weighted by Gasteiger charge is -1.97. The summed E-state index contributed by atoms with van der Waals surface area (Å²) in [6.07, 6.45) is 1.82. The maximum absolute atomic E-state index is 4.37. The van der Waals surface area contributed by atoms with Crippen molar-refractivity contribution in [2.45, 2.75) is 19.8 Å². The Morgan fingerprint density at radius 2 is 2.25 bits per heavy atom. The summed E-state index contributed by atoms with van der Waals surface area (Å²) in [6, 6.07) is 4.01.